The van der Waals surface area contributed by atoms with Crippen molar-refractivity contribution in [2.75, 3.05) is 0 Å². The minimum Gasteiger partial charge on any atom is -0.461 e. The molecule has 0 aromatic heterocycles. The highest BCUT2D eigenvalue weighted by Crippen LogP contribution is 2.26. The van der Waals surface area contributed by atoms with Gasteiger partial charge < -0.3 is 15.2 Å². The zero-order valence-electron chi connectivity index (χ0n) is 25.0. The number of halogens is 2. The molecule has 42 heavy (non-hydrogen) atoms. The van der Waals surface area contributed by atoms with Gasteiger partial charge in [-0.05, 0) is 88.6 Å². The lowest BCUT2D eigenvalue weighted by molar-refractivity contribution is -0.156. The van der Waals surface area contributed by atoms with Crippen LogP contribution < -0.4 is 5.73 Å². The second-order valence-corrected chi connectivity index (χ2v) is 12.1. The van der Waals surface area contributed by atoms with Crippen LogP contribution in [-0.2, 0) is 20.8 Å². The Balaban J connectivity index is 1.78. The Morgan fingerprint density at radius 2 is 1.69 bits per heavy atom. The van der Waals surface area contributed by atoms with Crippen molar-refractivity contribution < 1.29 is 32.6 Å². The van der Waals surface area contributed by atoms with E-state index in [0.717, 1.165) is 37.8 Å². The van der Waals surface area contributed by atoms with Crippen LogP contribution in [0.3, 0.4) is 0 Å². The molecule has 10 heteroatoms. The predicted octanol–water partition coefficient (Wildman–Crippen LogP) is 6.86. The maximum atomic E-state index is 13.9. The van der Waals surface area contributed by atoms with E-state index in [1.165, 1.54) is 4.90 Å². The van der Waals surface area contributed by atoms with E-state index in [9.17, 15) is 23.2 Å². The predicted molar refractivity (Wildman–Crippen MR) is 156 cm³/mol. The molecular weight excluding hydrogens is 544 g/mol. The highest BCUT2D eigenvalue weighted by Gasteiger charge is 2.36. The molecule has 1 atom stereocenters. The van der Waals surface area contributed by atoms with Gasteiger partial charge in [-0.3, -0.25) is 9.69 Å². The van der Waals surface area contributed by atoms with Gasteiger partial charge in [0.15, 0.2) is 5.78 Å². The van der Waals surface area contributed by atoms with E-state index in [1.54, 1.807) is 45.0 Å². The summed E-state index contributed by atoms with van der Waals surface area (Å²) in [6.45, 7) is 9.36. The molecule has 0 bridgehead atoms. The first-order valence-electron chi connectivity index (χ1n) is 14.3. The van der Waals surface area contributed by atoms with Gasteiger partial charge in [0.1, 0.15) is 35.2 Å². The number of carbonyl (C=O) groups excluding carboxylic acids is 3. The van der Waals surface area contributed by atoms with E-state index < -0.39 is 41.1 Å². The number of nitrogens with zero attached hydrogens (tertiary/aromatic N) is 2. The number of hydrogen-bond acceptors (Lipinski definition) is 6. The van der Waals surface area contributed by atoms with Crippen molar-refractivity contribution in [2.24, 2.45) is 16.6 Å². The quantitative estimate of drug-likeness (QED) is 0.133. The average molecular weight is 586 g/mol. The maximum absolute atomic E-state index is 13.9. The lowest BCUT2D eigenvalue weighted by atomic mass is 10.0. The lowest BCUT2D eigenvalue weighted by Crippen LogP contribution is -2.48. The normalized spacial score (nSPS) is 15.0. The van der Waals surface area contributed by atoms with Gasteiger partial charge >= 0.3 is 12.1 Å². The van der Waals surface area contributed by atoms with E-state index in [4.69, 9.17) is 15.2 Å². The number of hydrogen-bond donors (Lipinski definition) is 1. The molecule has 1 amide bonds. The van der Waals surface area contributed by atoms with E-state index in [1.807, 2.05) is 13.8 Å². The van der Waals surface area contributed by atoms with Crippen molar-refractivity contribution in [1.29, 1.82) is 0 Å². The van der Waals surface area contributed by atoms with Crippen molar-refractivity contribution in [3.63, 3.8) is 0 Å². The molecule has 228 valence electrons. The summed E-state index contributed by atoms with van der Waals surface area (Å²) in [4.78, 5) is 44.8. The van der Waals surface area contributed by atoms with Crippen molar-refractivity contribution in [3.05, 3.63) is 65.2 Å². The maximum Gasteiger partial charge on any atom is 0.411 e. The van der Waals surface area contributed by atoms with Crippen LogP contribution >= 0.6 is 0 Å². The Kier molecular flexibility index (Phi) is 11.2. The summed E-state index contributed by atoms with van der Waals surface area (Å²) < 4.78 is 38.6. The first kappa shape index (κ1) is 32.7. The second-order valence-electron chi connectivity index (χ2n) is 12.1. The van der Waals surface area contributed by atoms with Crippen LogP contribution in [-0.4, -0.2) is 46.3 Å². The molecule has 0 saturated heterocycles. The van der Waals surface area contributed by atoms with Crippen LogP contribution in [0.4, 0.5) is 19.3 Å². The lowest BCUT2D eigenvalue weighted by Gasteiger charge is -2.33. The Morgan fingerprint density at radius 1 is 1.05 bits per heavy atom. The highest BCUT2D eigenvalue weighted by atomic mass is 19.1. The summed E-state index contributed by atoms with van der Waals surface area (Å²) in [6.07, 6.45) is 2.97. The molecular formula is C32H41F2N3O5. The first-order valence-corrected chi connectivity index (χ1v) is 14.3. The Hall–Kier alpha value is -3.82. The summed E-state index contributed by atoms with van der Waals surface area (Å²) in [5, 5.41) is 0. The van der Waals surface area contributed by atoms with Crippen molar-refractivity contribution >= 4 is 29.4 Å². The number of amides is 1. The number of nitrogens with two attached hydrogens (primary N) is 1. The minimum atomic E-state index is -0.963. The van der Waals surface area contributed by atoms with Crippen LogP contribution in [0.25, 0.3) is 0 Å². The molecule has 0 radical (unpaired) electrons. The van der Waals surface area contributed by atoms with Crippen LogP contribution in [0.2, 0.25) is 0 Å². The Bertz CT molecular complexity index is 1280. The Morgan fingerprint density at radius 3 is 2.26 bits per heavy atom. The molecule has 2 N–H and O–H groups in total. The fourth-order valence-electron chi connectivity index (χ4n) is 4.72. The number of ether oxygens (including phenoxy) is 2. The van der Waals surface area contributed by atoms with Crippen LogP contribution in [0.1, 0.15) is 89.1 Å². The molecule has 0 unspecified atom stereocenters. The third kappa shape index (κ3) is 9.92. The number of esters is 1. The van der Waals surface area contributed by atoms with Crippen molar-refractivity contribution in [3.8, 4) is 0 Å². The van der Waals surface area contributed by atoms with Gasteiger partial charge in [0, 0.05) is 12.6 Å². The van der Waals surface area contributed by atoms with Gasteiger partial charge in [0.25, 0.3) is 0 Å². The zero-order valence-corrected chi connectivity index (χ0v) is 25.0. The van der Waals surface area contributed by atoms with E-state index >= 15 is 0 Å². The van der Waals surface area contributed by atoms with Crippen LogP contribution in [0.5, 0.6) is 0 Å². The SMILES string of the molecule is CC(C)C[C@@H](C(=O)OC1CCCC1)N(Cc1ccc(N=C(N)CC(=O)c2ccc(F)cc2F)cc1)C(=O)OC(C)(C)C. The number of Topliss-reactive ketones (excluding diaryl/α,β-unsaturated/α-hetero) is 1. The number of benzene rings is 2. The monoisotopic (exact) mass is 585 g/mol. The molecule has 1 fully saturated rings. The van der Waals surface area contributed by atoms with Crippen molar-refractivity contribution in [2.45, 2.75) is 97.4 Å². The van der Waals surface area contributed by atoms with Gasteiger partial charge in [0.05, 0.1) is 17.7 Å². The number of aliphatic imine (C=N–C) groups is 1. The summed E-state index contributed by atoms with van der Waals surface area (Å²) >= 11 is 0. The topological polar surface area (TPSA) is 111 Å². The number of amidine groups is 1. The first-order chi connectivity index (χ1) is 19.7. The standard InChI is InChI=1S/C32H41F2N3O5/c1-20(2)16-27(30(39)41-24-8-6-7-9-24)37(31(40)42-32(3,4)5)19-21-10-13-23(14-11-21)36-29(35)18-28(38)25-15-12-22(33)17-26(25)34/h10-15,17,20,24,27H,6-9,16,18-19H2,1-5H3,(H2,35,36)/t27-/m0/s1. The van der Waals surface area contributed by atoms with Gasteiger partial charge in [0.2, 0.25) is 0 Å². The number of rotatable bonds is 11. The zero-order chi connectivity index (χ0) is 31.0. The molecule has 1 aliphatic carbocycles. The highest BCUT2D eigenvalue weighted by molar-refractivity contribution is 6.09. The third-order valence-corrected chi connectivity index (χ3v) is 6.69. The van der Waals surface area contributed by atoms with E-state index in [0.29, 0.717) is 23.7 Å². The molecule has 0 aliphatic heterocycles. The minimum absolute atomic E-state index is 0.0430. The van der Waals surface area contributed by atoms with Gasteiger partial charge in [-0.15, -0.1) is 0 Å². The fourth-order valence-corrected chi connectivity index (χ4v) is 4.72. The van der Waals surface area contributed by atoms with Gasteiger partial charge in [-0.2, -0.15) is 0 Å². The smallest absolute Gasteiger partial charge is 0.411 e. The number of ketones is 1. The fraction of sp³-hybridized carbons (Fsp3) is 0.500. The van der Waals surface area contributed by atoms with E-state index in [2.05, 4.69) is 4.99 Å². The summed E-state index contributed by atoms with van der Waals surface area (Å²) in [5.74, 6) is -2.73. The van der Waals surface area contributed by atoms with E-state index in [-0.39, 0.29) is 36.4 Å². The summed E-state index contributed by atoms with van der Waals surface area (Å²) in [5.41, 5.74) is 6.05. The van der Waals surface area contributed by atoms with Crippen LogP contribution in [0.15, 0.2) is 47.5 Å². The van der Waals surface area contributed by atoms with Gasteiger partial charge in [-0.1, -0.05) is 26.0 Å². The molecule has 2 aromatic carbocycles. The molecule has 0 heterocycles. The molecule has 0 spiro atoms. The van der Waals surface area contributed by atoms with Crippen molar-refractivity contribution in [1.82, 2.24) is 4.90 Å². The summed E-state index contributed by atoms with van der Waals surface area (Å²) in [6, 6.07) is 8.68. The molecule has 2 aromatic rings. The molecule has 8 nitrogen and oxygen atoms in total. The average Bonchev–Trinajstić information content (AvgIpc) is 3.38. The molecule has 1 aliphatic rings. The largest absolute Gasteiger partial charge is 0.461 e. The van der Waals surface area contributed by atoms with Gasteiger partial charge in [-0.25, -0.2) is 23.4 Å². The molecule has 3 rings (SSSR count). The summed E-state index contributed by atoms with van der Waals surface area (Å²) in [7, 11) is 0. The second kappa shape index (κ2) is 14.4. The number of carbonyl (C=O) groups is 3. The van der Waals surface area contributed by atoms with Crippen LogP contribution in [0, 0.1) is 17.6 Å². The molecule has 1 saturated carbocycles. The Labute approximate surface area is 246 Å². The third-order valence-electron chi connectivity index (χ3n) is 6.69.